The van der Waals surface area contributed by atoms with Crippen LogP contribution < -0.4 is 11.1 Å². The Morgan fingerprint density at radius 1 is 1.40 bits per heavy atom. The number of hydrogen-bond acceptors (Lipinski definition) is 3. The summed E-state index contributed by atoms with van der Waals surface area (Å²) >= 11 is 0. The van der Waals surface area contributed by atoms with Gasteiger partial charge in [-0.3, -0.25) is 0 Å². The summed E-state index contributed by atoms with van der Waals surface area (Å²) in [5, 5.41) is 3.77. The van der Waals surface area contributed by atoms with Gasteiger partial charge in [0.15, 0.2) is 0 Å². The summed E-state index contributed by atoms with van der Waals surface area (Å²) < 4.78 is 5.18. The molecule has 0 aliphatic rings. The number of carbonyl (C=O) groups is 1. The fourth-order valence-electron chi connectivity index (χ4n) is 2.05. The van der Waals surface area contributed by atoms with E-state index in [1.165, 1.54) is 0 Å². The summed E-state index contributed by atoms with van der Waals surface area (Å²) in [5.41, 5.74) is 7.68. The monoisotopic (exact) mass is 275 g/mol. The molecule has 1 aromatic carbocycles. The Labute approximate surface area is 118 Å². The highest BCUT2D eigenvalue weighted by atomic mass is 16.6. The van der Waals surface area contributed by atoms with Gasteiger partial charge in [-0.2, -0.15) is 0 Å². The number of amides is 1. The highest BCUT2D eigenvalue weighted by Gasteiger charge is 2.17. The smallest absolute Gasteiger partial charge is 0.407 e. The van der Waals surface area contributed by atoms with Crippen LogP contribution in [0.3, 0.4) is 0 Å². The highest BCUT2D eigenvalue weighted by Crippen LogP contribution is 2.21. The molecule has 0 bridgehead atoms. The highest BCUT2D eigenvalue weighted by molar-refractivity contribution is 5.83. The standard InChI is InChI=1S/C15H21N3O2/c1-15(2,3)20-14(19)18-9-12(16)10-5-4-6-13-11(10)7-8-17-13/h4-8,12,17H,9,16H2,1-3H3,(H,18,19). The van der Waals surface area contributed by atoms with Gasteiger partial charge in [-0.1, -0.05) is 12.1 Å². The molecule has 1 amide bonds. The van der Waals surface area contributed by atoms with Crippen molar-refractivity contribution in [1.29, 1.82) is 0 Å². The lowest BCUT2D eigenvalue weighted by Gasteiger charge is -2.21. The third-order valence-corrected chi connectivity index (χ3v) is 2.89. The molecule has 0 spiro atoms. The second kappa shape index (κ2) is 5.54. The number of benzene rings is 1. The van der Waals surface area contributed by atoms with Crippen molar-refractivity contribution in [2.24, 2.45) is 5.73 Å². The zero-order valence-electron chi connectivity index (χ0n) is 12.1. The molecule has 1 heterocycles. The molecule has 0 saturated heterocycles. The van der Waals surface area contributed by atoms with Gasteiger partial charge in [0.2, 0.25) is 0 Å². The summed E-state index contributed by atoms with van der Waals surface area (Å²) in [7, 11) is 0. The van der Waals surface area contributed by atoms with E-state index >= 15 is 0 Å². The maximum Gasteiger partial charge on any atom is 0.407 e. The largest absolute Gasteiger partial charge is 0.444 e. The van der Waals surface area contributed by atoms with Gasteiger partial charge in [0.1, 0.15) is 5.60 Å². The van der Waals surface area contributed by atoms with E-state index in [0.29, 0.717) is 6.54 Å². The molecule has 20 heavy (non-hydrogen) atoms. The maximum absolute atomic E-state index is 11.6. The Hall–Kier alpha value is -2.01. The van der Waals surface area contributed by atoms with Crippen molar-refractivity contribution < 1.29 is 9.53 Å². The van der Waals surface area contributed by atoms with E-state index < -0.39 is 11.7 Å². The minimum atomic E-state index is -0.505. The van der Waals surface area contributed by atoms with E-state index in [1.807, 2.05) is 51.2 Å². The molecule has 5 heteroatoms. The van der Waals surface area contributed by atoms with E-state index in [-0.39, 0.29) is 6.04 Å². The van der Waals surface area contributed by atoms with Gasteiger partial charge in [-0.15, -0.1) is 0 Å². The fraction of sp³-hybridized carbons (Fsp3) is 0.400. The molecule has 2 aromatic rings. The number of aromatic amines is 1. The van der Waals surface area contributed by atoms with Crippen molar-refractivity contribution in [3.63, 3.8) is 0 Å². The molecule has 0 aliphatic heterocycles. The number of ether oxygens (including phenoxy) is 1. The van der Waals surface area contributed by atoms with Crippen LogP contribution >= 0.6 is 0 Å². The first-order valence-electron chi connectivity index (χ1n) is 6.65. The van der Waals surface area contributed by atoms with E-state index in [4.69, 9.17) is 10.5 Å². The molecule has 0 aliphatic carbocycles. The zero-order chi connectivity index (χ0) is 14.8. The molecule has 5 nitrogen and oxygen atoms in total. The Kier molecular flexibility index (Phi) is 3.99. The summed E-state index contributed by atoms with van der Waals surface area (Å²) in [6.45, 7) is 5.81. The third-order valence-electron chi connectivity index (χ3n) is 2.89. The van der Waals surface area contributed by atoms with Gasteiger partial charge < -0.3 is 20.8 Å². The van der Waals surface area contributed by atoms with Crippen LogP contribution in [-0.4, -0.2) is 23.2 Å². The number of aromatic nitrogens is 1. The predicted octanol–water partition coefficient (Wildman–Crippen LogP) is 2.69. The van der Waals surface area contributed by atoms with Crippen molar-refractivity contribution in [3.8, 4) is 0 Å². The quantitative estimate of drug-likeness (QED) is 0.805. The Bertz CT molecular complexity index is 598. The number of rotatable bonds is 3. The first-order valence-corrected chi connectivity index (χ1v) is 6.65. The normalized spacial score (nSPS) is 13.2. The molecule has 0 radical (unpaired) electrons. The van der Waals surface area contributed by atoms with Crippen LogP contribution in [0.1, 0.15) is 32.4 Å². The molecule has 0 saturated carbocycles. The second-order valence-corrected chi connectivity index (χ2v) is 5.78. The molecule has 4 N–H and O–H groups in total. The molecular weight excluding hydrogens is 254 g/mol. The van der Waals surface area contributed by atoms with E-state index in [1.54, 1.807) is 0 Å². The van der Waals surface area contributed by atoms with Crippen molar-refractivity contribution in [3.05, 3.63) is 36.0 Å². The molecular formula is C15H21N3O2. The van der Waals surface area contributed by atoms with Gasteiger partial charge in [0.25, 0.3) is 0 Å². The van der Waals surface area contributed by atoms with Crippen LogP contribution in [-0.2, 0) is 4.74 Å². The van der Waals surface area contributed by atoms with Gasteiger partial charge in [0, 0.05) is 29.7 Å². The van der Waals surface area contributed by atoms with Crippen LogP contribution in [0.15, 0.2) is 30.5 Å². The van der Waals surface area contributed by atoms with Crippen LogP contribution in [0.25, 0.3) is 10.9 Å². The second-order valence-electron chi connectivity index (χ2n) is 5.78. The number of carbonyl (C=O) groups excluding carboxylic acids is 1. The lowest BCUT2D eigenvalue weighted by molar-refractivity contribution is 0.0524. The number of nitrogens with two attached hydrogens (primary N) is 1. The maximum atomic E-state index is 11.6. The Balaban J connectivity index is 2.00. The van der Waals surface area contributed by atoms with Crippen molar-refractivity contribution in [2.45, 2.75) is 32.4 Å². The zero-order valence-corrected chi connectivity index (χ0v) is 12.1. The SMILES string of the molecule is CC(C)(C)OC(=O)NCC(N)c1cccc2[nH]ccc12. The van der Waals surface area contributed by atoms with Crippen LogP contribution in [0, 0.1) is 0 Å². The number of nitrogens with one attached hydrogen (secondary N) is 2. The van der Waals surface area contributed by atoms with Crippen LogP contribution in [0.4, 0.5) is 4.79 Å². The number of hydrogen-bond donors (Lipinski definition) is 3. The van der Waals surface area contributed by atoms with Crippen LogP contribution in [0.2, 0.25) is 0 Å². The Morgan fingerprint density at radius 2 is 2.15 bits per heavy atom. The van der Waals surface area contributed by atoms with E-state index in [2.05, 4.69) is 10.3 Å². The summed E-state index contributed by atoms with van der Waals surface area (Å²) in [6, 6.07) is 7.62. The van der Waals surface area contributed by atoms with Gasteiger partial charge in [-0.25, -0.2) is 4.79 Å². The van der Waals surface area contributed by atoms with Gasteiger partial charge in [0.05, 0.1) is 0 Å². The van der Waals surface area contributed by atoms with Crippen molar-refractivity contribution in [2.75, 3.05) is 6.54 Å². The first-order chi connectivity index (χ1) is 9.37. The molecule has 108 valence electrons. The molecule has 1 aromatic heterocycles. The van der Waals surface area contributed by atoms with Crippen LogP contribution in [0.5, 0.6) is 0 Å². The third kappa shape index (κ3) is 3.51. The summed E-state index contributed by atoms with van der Waals surface area (Å²) in [6.07, 6.45) is 1.43. The number of alkyl carbamates (subject to hydrolysis) is 1. The van der Waals surface area contributed by atoms with Crippen molar-refractivity contribution >= 4 is 17.0 Å². The lowest BCUT2D eigenvalue weighted by atomic mass is 10.0. The molecule has 0 fully saturated rings. The average molecular weight is 275 g/mol. The van der Waals surface area contributed by atoms with E-state index in [9.17, 15) is 4.79 Å². The summed E-state index contributed by atoms with van der Waals surface area (Å²) in [5.74, 6) is 0. The lowest BCUT2D eigenvalue weighted by Crippen LogP contribution is -2.36. The molecule has 1 atom stereocenters. The molecule has 1 unspecified atom stereocenters. The minimum absolute atomic E-state index is 0.276. The van der Waals surface area contributed by atoms with Crippen molar-refractivity contribution in [1.82, 2.24) is 10.3 Å². The predicted molar refractivity (Wildman–Crippen MR) is 79.5 cm³/mol. The van der Waals surface area contributed by atoms with E-state index in [0.717, 1.165) is 16.5 Å². The van der Waals surface area contributed by atoms with Gasteiger partial charge >= 0.3 is 6.09 Å². The summed E-state index contributed by atoms with van der Waals surface area (Å²) in [4.78, 5) is 14.8. The molecule has 2 rings (SSSR count). The fourth-order valence-corrected chi connectivity index (χ4v) is 2.05. The topological polar surface area (TPSA) is 80.1 Å². The van der Waals surface area contributed by atoms with Gasteiger partial charge in [-0.05, 0) is 38.5 Å². The number of H-pyrrole nitrogens is 1. The average Bonchev–Trinajstić information content (AvgIpc) is 2.81. The minimum Gasteiger partial charge on any atom is -0.444 e. The Morgan fingerprint density at radius 3 is 2.85 bits per heavy atom. The number of fused-ring (bicyclic) bond motifs is 1. The first kappa shape index (κ1) is 14.4.